The van der Waals surface area contributed by atoms with Gasteiger partial charge in [0.15, 0.2) is 0 Å². The third-order valence-electron chi connectivity index (χ3n) is 5.37. The average molecular weight is 354 g/mol. The molecule has 1 aromatic heterocycles. The lowest BCUT2D eigenvalue weighted by Gasteiger charge is -2.28. The van der Waals surface area contributed by atoms with Crippen LogP contribution in [-0.4, -0.2) is 47.9 Å². The molecule has 0 aliphatic carbocycles. The van der Waals surface area contributed by atoms with E-state index in [-0.39, 0.29) is 5.91 Å². The first-order chi connectivity index (χ1) is 12.8. The molecule has 1 amide bonds. The van der Waals surface area contributed by atoms with Crippen molar-refractivity contribution in [1.29, 1.82) is 0 Å². The Bertz CT molecular complexity index is 705. The maximum atomic E-state index is 12.9. The molecule has 2 saturated heterocycles. The van der Waals surface area contributed by atoms with E-state index in [1.807, 2.05) is 36.4 Å². The van der Waals surface area contributed by atoms with Crippen molar-refractivity contribution in [2.24, 2.45) is 0 Å². The van der Waals surface area contributed by atoms with Crippen molar-refractivity contribution in [3.8, 4) is 5.75 Å². The van der Waals surface area contributed by atoms with Crippen molar-refractivity contribution in [2.75, 3.05) is 26.2 Å². The number of benzene rings is 1. The highest BCUT2D eigenvalue weighted by Gasteiger charge is 2.31. The number of carbonyl (C=O) groups excluding carboxylic acids is 1. The van der Waals surface area contributed by atoms with Crippen molar-refractivity contribution in [3.05, 3.63) is 54.0 Å². The summed E-state index contributed by atoms with van der Waals surface area (Å²) in [5, 5.41) is 0. The lowest BCUT2D eigenvalue weighted by molar-refractivity contribution is 0.0708. The monoisotopic (exact) mass is 354 g/mol. The van der Waals surface area contributed by atoms with Crippen LogP contribution >= 0.6 is 0 Å². The van der Waals surface area contributed by atoms with Crippen LogP contribution < -0.4 is 4.74 Å². The lowest BCUT2D eigenvalue weighted by Crippen LogP contribution is -2.42. The normalized spacial score (nSPS) is 20.6. The topological polar surface area (TPSA) is 45.9 Å². The summed E-state index contributed by atoms with van der Waals surface area (Å²) >= 11 is 0. The van der Waals surface area contributed by atoms with E-state index in [2.05, 4.69) is 9.80 Å². The first-order valence-corrected chi connectivity index (χ1v) is 9.58. The van der Waals surface area contributed by atoms with Gasteiger partial charge in [0.25, 0.3) is 5.91 Å². The molecule has 5 nitrogen and oxygen atoms in total. The zero-order valence-corrected chi connectivity index (χ0v) is 15.1. The number of nitrogens with zero attached hydrogens (tertiary/aromatic N) is 2. The fraction of sp³-hybridized carbons (Fsp3) is 0.476. The van der Waals surface area contributed by atoms with Crippen LogP contribution in [0.15, 0.2) is 47.1 Å². The number of ether oxygens (including phenoxy) is 1. The number of rotatable bonds is 6. The van der Waals surface area contributed by atoms with Crippen LogP contribution in [0.1, 0.15) is 41.8 Å². The Labute approximate surface area is 154 Å². The standard InChI is InChI=1S/C21H26N2O3/c24-21(23-13-3-5-18(23)15-22-11-1-2-12-22)17-7-9-19(10-8-17)26-16-20-6-4-14-25-20/h4,6-10,14,18H,1-3,5,11-13,15-16H2. The molecule has 2 aromatic rings. The van der Waals surface area contributed by atoms with E-state index >= 15 is 0 Å². The number of furan rings is 1. The lowest BCUT2D eigenvalue weighted by atomic mass is 10.1. The number of amides is 1. The third kappa shape index (κ3) is 3.93. The van der Waals surface area contributed by atoms with Crippen LogP contribution in [-0.2, 0) is 6.61 Å². The maximum Gasteiger partial charge on any atom is 0.254 e. The zero-order chi connectivity index (χ0) is 17.8. The van der Waals surface area contributed by atoms with Gasteiger partial charge < -0.3 is 19.0 Å². The fourth-order valence-corrected chi connectivity index (χ4v) is 3.96. The van der Waals surface area contributed by atoms with Gasteiger partial charge in [0.05, 0.1) is 6.26 Å². The van der Waals surface area contributed by atoms with Gasteiger partial charge in [0.1, 0.15) is 18.1 Å². The average Bonchev–Trinajstić information content (AvgIpc) is 3.43. The molecule has 4 rings (SSSR count). The van der Waals surface area contributed by atoms with Crippen LogP contribution in [0.2, 0.25) is 0 Å². The predicted octanol–water partition coefficient (Wildman–Crippen LogP) is 3.56. The van der Waals surface area contributed by atoms with Crippen molar-refractivity contribution >= 4 is 5.91 Å². The molecule has 2 fully saturated rings. The van der Waals surface area contributed by atoms with Gasteiger partial charge in [-0.25, -0.2) is 0 Å². The molecule has 138 valence electrons. The van der Waals surface area contributed by atoms with Gasteiger partial charge in [-0.15, -0.1) is 0 Å². The highest BCUT2D eigenvalue weighted by Crippen LogP contribution is 2.23. The minimum absolute atomic E-state index is 0.143. The van der Waals surface area contributed by atoms with E-state index in [9.17, 15) is 4.79 Å². The molecule has 0 spiro atoms. The quantitative estimate of drug-likeness (QED) is 0.796. The SMILES string of the molecule is O=C(c1ccc(OCc2ccco2)cc1)N1CCCC1CN1CCCC1. The van der Waals surface area contributed by atoms with Crippen LogP contribution in [0, 0.1) is 0 Å². The summed E-state index contributed by atoms with van der Waals surface area (Å²) in [5.74, 6) is 1.67. The summed E-state index contributed by atoms with van der Waals surface area (Å²) < 4.78 is 11.0. The number of hydrogen-bond donors (Lipinski definition) is 0. The Morgan fingerprint density at radius 3 is 2.62 bits per heavy atom. The van der Waals surface area contributed by atoms with Crippen molar-refractivity contribution < 1.29 is 13.9 Å². The van der Waals surface area contributed by atoms with Crippen LogP contribution in [0.5, 0.6) is 5.75 Å². The van der Waals surface area contributed by atoms with Gasteiger partial charge in [-0.1, -0.05) is 0 Å². The van der Waals surface area contributed by atoms with E-state index in [1.165, 1.54) is 25.9 Å². The van der Waals surface area contributed by atoms with Gasteiger partial charge >= 0.3 is 0 Å². The second-order valence-corrected chi connectivity index (χ2v) is 7.19. The summed E-state index contributed by atoms with van der Waals surface area (Å²) in [4.78, 5) is 17.5. The molecular weight excluding hydrogens is 328 g/mol. The molecule has 0 N–H and O–H groups in total. The molecule has 3 heterocycles. The smallest absolute Gasteiger partial charge is 0.254 e. The molecule has 26 heavy (non-hydrogen) atoms. The summed E-state index contributed by atoms with van der Waals surface area (Å²) in [6.07, 6.45) is 6.44. The number of hydrogen-bond acceptors (Lipinski definition) is 4. The van der Waals surface area contributed by atoms with Crippen LogP contribution in [0.25, 0.3) is 0 Å². The van der Waals surface area contributed by atoms with Gasteiger partial charge in [-0.05, 0) is 75.2 Å². The maximum absolute atomic E-state index is 12.9. The highest BCUT2D eigenvalue weighted by atomic mass is 16.5. The highest BCUT2D eigenvalue weighted by molar-refractivity contribution is 5.94. The molecule has 5 heteroatoms. The van der Waals surface area contributed by atoms with Crippen molar-refractivity contribution in [3.63, 3.8) is 0 Å². The Balaban J connectivity index is 1.35. The van der Waals surface area contributed by atoms with E-state index in [1.54, 1.807) is 6.26 Å². The molecule has 1 atom stereocenters. The van der Waals surface area contributed by atoms with Crippen LogP contribution in [0.4, 0.5) is 0 Å². The second-order valence-electron chi connectivity index (χ2n) is 7.19. The second kappa shape index (κ2) is 7.96. The molecule has 0 radical (unpaired) electrons. The first kappa shape index (κ1) is 17.2. The molecule has 0 saturated carbocycles. The molecule has 0 bridgehead atoms. The first-order valence-electron chi connectivity index (χ1n) is 9.58. The van der Waals surface area contributed by atoms with E-state index in [0.717, 1.165) is 43.0 Å². The van der Waals surface area contributed by atoms with Gasteiger partial charge in [0, 0.05) is 24.7 Å². The largest absolute Gasteiger partial charge is 0.486 e. The summed E-state index contributed by atoms with van der Waals surface area (Å²) in [7, 11) is 0. The number of carbonyl (C=O) groups is 1. The number of likely N-dealkylation sites (tertiary alicyclic amines) is 2. The molecule has 1 unspecified atom stereocenters. The van der Waals surface area contributed by atoms with Crippen molar-refractivity contribution in [2.45, 2.75) is 38.3 Å². The Morgan fingerprint density at radius 2 is 1.88 bits per heavy atom. The Morgan fingerprint density at radius 1 is 1.08 bits per heavy atom. The van der Waals surface area contributed by atoms with Crippen LogP contribution in [0.3, 0.4) is 0 Å². The minimum atomic E-state index is 0.143. The molecule has 1 aromatic carbocycles. The van der Waals surface area contributed by atoms with Gasteiger partial charge in [-0.3, -0.25) is 4.79 Å². The molecule has 2 aliphatic heterocycles. The third-order valence-corrected chi connectivity index (χ3v) is 5.37. The molecular formula is C21H26N2O3. The summed E-state index contributed by atoms with van der Waals surface area (Å²) in [6.45, 7) is 4.65. The Hall–Kier alpha value is -2.27. The van der Waals surface area contributed by atoms with E-state index < -0.39 is 0 Å². The van der Waals surface area contributed by atoms with Gasteiger partial charge in [0.2, 0.25) is 0 Å². The summed E-state index contributed by atoms with van der Waals surface area (Å²) in [6, 6.07) is 11.5. The molecule has 2 aliphatic rings. The fourth-order valence-electron chi connectivity index (χ4n) is 3.96. The summed E-state index contributed by atoms with van der Waals surface area (Å²) in [5.41, 5.74) is 0.740. The minimum Gasteiger partial charge on any atom is -0.486 e. The zero-order valence-electron chi connectivity index (χ0n) is 15.1. The Kier molecular flexibility index (Phi) is 5.25. The van der Waals surface area contributed by atoms with E-state index in [0.29, 0.717) is 12.6 Å². The van der Waals surface area contributed by atoms with Crippen molar-refractivity contribution in [1.82, 2.24) is 9.80 Å². The van der Waals surface area contributed by atoms with Gasteiger partial charge in [-0.2, -0.15) is 0 Å². The van der Waals surface area contributed by atoms with E-state index in [4.69, 9.17) is 9.15 Å². The predicted molar refractivity (Wildman–Crippen MR) is 99.2 cm³/mol.